The zero-order chi connectivity index (χ0) is 22.2. The molecular formula is C23H21FN2O4S. The molecule has 0 fully saturated rings. The van der Waals surface area contributed by atoms with Gasteiger partial charge in [0.25, 0.3) is 15.9 Å². The van der Waals surface area contributed by atoms with Gasteiger partial charge in [-0.15, -0.1) is 0 Å². The Hall–Kier alpha value is -3.39. The zero-order valence-electron chi connectivity index (χ0n) is 17.0. The summed E-state index contributed by atoms with van der Waals surface area (Å²) in [6, 6.07) is 17.0. The number of carbonyl (C=O) groups is 1. The van der Waals surface area contributed by atoms with Crippen LogP contribution in [-0.2, 0) is 14.8 Å². The first-order valence-electron chi connectivity index (χ1n) is 9.72. The molecule has 3 aromatic rings. The van der Waals surface area contributed by atoms with E-state index in [9.17, 15) is 17.6 Å². The van der Waals surface area contributed by atoms with E-state index in [2.05, 4.69) is 4.72 Å². The number of nitrogens with zero attached hydrogens (tertiary/aromatic N) is 1. The molecule has 0 saturated heterocycles. The predicted octanol–water partition coefficient (Wildman–Crippen LogP) is 4.43. The molecule has 3 aromatic carbocycles. The summed E-state index contributed by atoms with van der Waals surface area (Å²) in [5.74, 6) is 0.0111. The van der Waals surface area contributed by atoms with Crippen LogP contribution in [-0.4, -0.2) is 27.0 Å². The third-order valence-corrected chi connectivity index (χ3v) is 6.32. The van der Waals surface area contributed by atoms with Crippen LogP contribution in [0.2, 0.25) is 0 Å². The highest BCUT2D eigenvalue weighted by molar-refractivity contribution is 7.92. The van der Waals surface area contributed by atoms with Crippen LogP contribution in [0.4, 0.5) is 15.8 Å². The van der Waals surface area contributed by atoms with Crippen molar-refractivity contribution in [3.63, 3.8) is 0 Å². The van der Waals surface area contributed by atoms with E-state index in [-0.39, 0.29) is 23.5 Å². The van der Waals surface area contributed by atoms with Gasteiger partial charge < -0.3 is 9.64 Å². The molecule has 0 atom stereocenters. The molecule has 1 aliphatic rings. The molecule has 0 saturated carbocycles. The number of hydrogen-bond donors (Lipinski definition) is 1. The average Bonchev–Trinajstić information content (AvgIpc) is 2.73. The largest absolute Gasteiger partial charge is 0.482 e. The minimum Gasteiger partial charge on any atom is -0.482 e. The van der Waals surface area contributed by atoms with Crippen molar-refractivity contribution in [2.24, 2.45) is 0 Å². The molecule has 6 nitrogen and oxygen atoms in total. The molecule has 0 unspecified atom stereocenters. The van der Waals surface area contributed by atoms with Crippen LogP contribution in [0.5, 0.6) is 5.75 Å². The quantitative estimate of drug-likeness (QED) is 0.637. The lowest BCUT2D eigenvalue weighted by Crippen LogP contribution is -2.43. The number of ether oxygens (including phenoxy) is 1. The number of benzene rings is 3. The van der Waals surface area contributed by atoms with Crippen LogP contribution in [0.25, 0.3) is 11.1 Å². The number of halogens is 1. The Balaban J connectivity index is 1.66. The molecule has 1 amide bonds. The summed E-state index contributed by atoms with van der Waals surface area (Å²) < 4.78 is 46.4. The third kappa shape index (κ3) is 4.25. The number of nitrogens with one attached hydrogen (secondary N) is 1. The zero-order valence-corrected chi connectivity index (χ0v) is 17.8. The number of anilines is 2. The number of amides is 1. The van der Waals surface area contributed by atoms with E-state index in [1.165, 1.54) is 12.1 Å². The van der Waals surface area contributed by atoms with Gasteiger partial charge in [0, 0.05) is 11.7 Å². The van der Waals surface area contributed by atoms with Crippen molar-refractivity contribution in [1.82, 2.24) is 0 Å². The van der Waals surface area contributed by atoms with Crippen molar-refractivity contribution in [2.45, 2.75) is 24.8 Å². The number of fused-ring (bicyclic) bond motifs is 1. The number of rotatable bonds is 5. The maximum atomic E-state index is 13.1. The van der Waals surface area contributed by atoms with Gasteiger partial charge in [-0.2, -0.15) is 0 Å². The van der Waals surface area contributed by atoms with Crippen LogP contribution in [0, 0.1) is 5.82 Å². The summed E-state index contributed by atoms with van der Waals surface area (Å²) in [6.07, 6.45) is 0. The van der Waals surface area contributed by atoms with E-state index >= 15 is 0 Å². The molecule has 160 valence electrons. The smallest absolute Gasteiger partial charge is 0.265 e. The first-order chi connectivity index (χ1) is 14.7. The highest BCUT2D eigenvalue weighted by Crippen LogP contribution is 2.37. The van der Waals surface area contributed by atoms with E-state index in [4.69, 9.17) is 4.74 Å². The molecule has 31 heavy (non-hydrogen) atoms. The molecule has 4 rings (SSSR count). The standard InChI is InChI=1S/C23H21FN2O4S/c1-15(2)26-21-13-17(6-11-22(21)30-14-23(26)27)16-4-3-5-19(12-16)25-31(28,29)20-9-7-18(24)8-10-20/h3-13,15,25H,14H2,1-2H3. The molecule has 0 radical (unpaired) electrons. The van der Waals surface area contributed by atoms with Crippen LogP contribution >= 0.6 is 0 Å². The highest BCUT2D eigenvalue weighted by Gasteiger charge is 2.28. The lowest BCUT2D eigenvalue weighted by atomic mass is 10.0. The topological polar surface area (TPSA) is 75.7 Å². The third-order valence-electron chi connectivity index (χ3n) is 4.93. The first kappa shape index (κ1) is 20.9. The van der Waals surface area contributed by atoms with E-state index in [1.54, 1.807) is 23.1 Å². The first-order valence-corrected chi connectivity index (χ1v) is 11.2. The maximum absolute atomic E-state index is 13.1. The second-order valence-corrected chi connectivity index (χ2v) is 9.15. The van der Waals surface area contributed by atoms with Crippen molar-refractivity contribution in [3.8, 4) is 16.9 Å². The second kappa shape index (κ2) is 8.03. The summed E-state index contributed by atoms with van der Waals surface area (Å²) in [7, 11) is -3.86. The lowest BCUT2D eigenvalue weighted by Gasteiger charge is -2.32. The summed E-state index contributed by atoms with van der Waals surface area (Å²) in [4.78, 5) is 14.0. The highest BCUT2D eigenvalue weighted by atomic mass is 32.2. The number of hydrogen-bond acceptors (Lipinski definition) is 4. The van der Waals surface area contributed by atoms with E-state index in [1.807, 2.05) is 38.1 Å². The summed E-state index contributed by atoms with van der Waals surface area (Å²) in [5, 5.41) is 0. The van der Waals surface area contributed by atoms with Gasteiger partial charge in [-0.3, -0.25) is 9.52 Å². The van der Waals surface area contributed by atoms with E-state index in [0.717, 1.165) is 23.3 Å². The van der Waals surface area contributed by atoms with Crippen molar-refractivity contribution < 1.29 is 22.3 Å². The predicted molar refractivity (Wildman–Crippen MR) is 117 cm³/mol. The average molecular weight is 440 g/mol. The number of sulfonamides is 1. The SMILES string of the molecule is CC(C)N1C(=O)COc2ccc(-c3cccc(NS(=O)(=O)c4ccc(F)cc4)c3)cc21. The van der Waals surface area contributed by atoms with Crippen molar-refractivity contribution in [1.29, 1.82) is 0 Å². The normalized spacial score (nSPS) is 13.7. The van der Waals surface area contributed by atoms with Gasteiger partial charge in [0.05, 0.1) is 10.6 Å². The van der Waals surface area contributed by atoms with Gasteiger partial charge in [-0.25, -0.2) is 12.8 Å². The molecule has 1 heterocycles. The summed E-state index contributed by atoms with van der Waals surface area (Å²) in [5.41, 5.74) is 2.63. The van der Waals surface area contributed by atoms with Gasteiger partial charge in [-0.1, -0.05) is 18.2 Å². The molecule has 1 aliphatic heterocycles. The molecule has 0 bridgehead atoms. The molecular weight excluding hydrogens is 419 g/mol. The molecule has 0 spiro atoms. The summed E-state index contributed by atoms with van der Waals surface area (Å²) in [6.45, 7) is 3.88. The van der Waals surface area contributed by atoms with Crippen molar-refractivity contribution in [3.05, 3.63) is 72.5 Å². The minimum atomic E-state index is -3.86. The van der Waals surface area contributed by atoms with Gasteiger partial charge in [-0.05, 0) is 73.5 Å². The lowest BCUT2D eigenvalue weighted by molar-refractivity contribution is -0.121. The Morgan fingerprint density at radius 1 is 1.00 bits per heavy atom. The van der Waals surface area contributed by atoms with Gasteiger partial charge in [0.15, 0.2) is 6.61 Å². The van der Waals surface area contributed by atoms with Crippen LogP contribution in [0.1, 0.15) is 13.8 Å². The Kier molecular flexibility index (Phi) is 5.41. The molecule has 0 aromatic heterocycles. The van der Waals surface area contributed by atoms with E-state index < -0.39 is 15.8 Å². The van der Waals surface area contributed by atoms with Crippen LogP contribution < -0.4 is 14.4 Å². The molecule has 8 heteroatoms. The van der Waals surface area contributed by atoms with Gasteiger partial charge in [0.2, 0.25) is 0 Å². The van der Waals surface area contributed by atoms with Crippen LogP contribution in [0.3, 0.4) is 0 Å². The Bertz CT molecular complexity index is 1240. The Morgan fingerprint density at radius 3 is 2.42 bits per heavy atom. The second-order valence-electron chi connectivity index (χ2n) is 7.47. The Labute approximate surface area is 180 Å². The number of carbonyl (C=O) groups excluding carboxylic acids is 1. The Morgan fingerprint density at radius 2 is 1.71 bits per heavy atom. The maximum Gasteiger partial charge on any atom is 0.265 e. The van der Waals surface area contributed by atoms with Gasteiger partial charge >= 0.3 is 0 Å². The summed E-state index contributed by atoms with van der Waals surface area (Å²) >= 11 is 0. The minimum absolute atomic E-state index is 0.00514. The van der Waals surface area contributed by atoms with Crippen molar-refractivity contribution in [2.75, 3.05) is 16.2 Å². The fourth-order valence-electron chi connectivity index (χ4n) is 3.51. The van der Waals surface area contributed by atoms with Crippen molar-refractivity contribution >= 4 is 27.3 Å². The molecule has 1 N–H and O–H groups in total. The molecule has 0 aliphatic carbocycles. The monoisotopic (exact) mass is 440 g/mol. The van der Waals surface area contributed by atoms with Crippen LogP contribution in [0.15, 0.2) is 71.6 Å². The van der Waals surface area contributed by atoms with Gasteiger partial charge in [0.1, 0.15) is 11.6 Å². The fourth-order valence-corrected chi connectivity index (χ4v) is 4.56. The fraction of sp³-hybridized carbons (Fsp3) is 0.174. The van der Waals surface area contributed by atoms with E-state index in [0.29, 0.717) is 17.1 Å².